The number of β-amino-alcohol motifs (C(OH)–C–C–N with tert-alkyl or cyclic N) is 2. The van der Waals surface area contributed by atoms with E-state index in [0.29, 0.717) is 53.9 Å². The van der Waals surface area contributed by atoms with Gasteiger partial charge in [0.15, 0.2) is 22.1 Å². The minimum Gasteiger partial charge on any atom is -0.391 e. The molecule has 0 radical (unpaired) electrons. The van der Waals surface area contributed by atoms with Crippen LogP contribution >= 0.6 is 0 Å². The van der Waals surface area contributed by atoms with Gasteiger partial charge in [0.05, 0.1) is 85.4 Å². The van der Waals surface area contributed by atoms with Gasteiger partial charge in [0, 0.05) is 56.1 Å². The van der Waals surface area contributed by atoms with Crippen molar-refractivity contribution in [3.8, 4) is 0 Å². The van der Waals surface area contributed by atoms with E-state index in [1.165, 1.54) is 46.1 Å². The molecule has 3 N–H and O–H groups in total. The lowest BCUT2D eigenvalue weighted by Gasteiger charge is -2.27. The average molecular weight is 1070 g/mol. The zero-order valence-corrected chi connectivity index (χ0v) is 40.8. The molecule has 4 saturated heterocycles. The monoisotopic (exact) mass is 1060 g/mol. The second-order valence-corrected chi connectivity index (χ2v) is 21.0. The number of aliphatic hydroxyl groups excluding tert-OH is 2. The molecule has 0 amide bonds. The zero-order chi connectivity index (χ0) is 52.6. The molecule has 392 valence electrons. The molecule has 0 saturated carbocycles. The van der Waals surface area contributed by atoms with Gasteiger partial charge < -0.3 is 29.8 Å². The Morgan fingerprint density at radius 2 is 1.29 bits per heavy atom. The van der Waals surface area contributed by atoms with E-state index < -0.39 is 80.9 Å². The lowest BCUT2D eigenvalue weighted by Crippen LogP contribution is -2.26. The number of nitrogens with one attached hydrogen (secondary N) is 1. The van der Waals surface area contributed by atoms with Crippen molar-refractivity contribution >= 4 is 62.4 Å². The Hall–Kier alpha value is -7.90. The number of nitrogens with zero attached hydrogens (tertiary/aromatic N) is 13. The third-order valence-electron chi connectivity index (χ3n) is 14.5. The summed E-state index contributed by atoms with van der Waals surface area (Å²) in [6, 6.07) is 12.3. The van der Waals surface area contributed by atoms with Crippen molar-refractivity contribution in [2.24, 2.45) is 0 Å². The van der Waals surface area contributed by atoms with Crippen molar-refractivity contribution in [1.82, 2.24) is 44.1 Å². The number of halogens is 6. The van der Waals surface area contributed by atoms with Gasteiger partial charge in [-0.25, -0.2) is 50.8 Å². The van der Waals surface area contributed by atoms with E-state index in [1.807, 2.05) is 4.90 Å². The second-order valence-electron chi connectivity index (χ2n) is 19.4. The van der Waals surface area contributed by atoms with Crippen molar-refractivity contribution in [1.29, 1.82) is 0 Å². The van der Waals surface area contributed by atoms with Gasteiger partial charge in [-0.1, -0.05) is 0 Å². The van der Waals surface area contributed by atoms with Gasteiger partial charge in [0.25, 0.3) is 10.0 Å². The number of fused-ring (bicyclic) bond motifs is 2. The van der Waals surface area contributed by atoms with Crippen molar-refractivity contribution < 1.29 is 45.0 Å². The van der Waals surface area contributed by atoms with Crippen LogP contribution in [0.3, 0.4) is 0 Å². The molecular formula is C51H46F6N14O4S. The highest BCUT2D eigenvalue weighted by Gasteiger charge is 2.40. The Balaban J connectivity index is 0.724. The molecule has 12 rings (SSSR count). The van der Waals surface area contributed by atoms with Gasteiger partial charge in [0.1, 0.15) is 53.1 Å². The van der Waals surface area contributed by atoms with Crippen LogP contribution in [0.4, 0.5) is 55.3 Å². The number of benzene rings is 2. The van der Waals surface area contributed by atoms with Gasteiger partial charge in [-0.2, -0.15) is 12.9 Å². The Labute approximate surface area is 429 Å². The summed E-state index contributed by atoms with van der Waals surface area (Å²) in [5.41, 5.74) is 2.05. The van der Waals surface area contributed by atoms with E-state index in [-0.39, 0.29) is 73.0 Å². The average Bonchev–Trinajstić information content (AvgIpc) is 4.34. The number of hydrogen-bond donors (Lipinski definition) is 3. The fourth-order valence-electron chi connectivity index (χ4n) is 10.7. The first-order chi connectivity index (χ1) is 36.6. The van der Waals surface area contributed by atoms with Crippen molar-refractivity contribution in [2.75, 3.05) is 63.6 Å². The third-order valence-corrected chi connectivity index (χ3v) is 15.7. The number of pyridine rings is 1. The molecule has 76 heavy (non-hydrogen) atoms. The molecular weight excluding hydrogens is 1020 g/mol. The van der Waals surface area contributed by atoms with E-state index in [9.17, 15) is 31.8 Å². The van der Waals surface area contributed by atoms with Crippen LogP contribution in [0.1, 0.15) is 65.3 Å². The van der Waals surface area contributed by atoms with Gasteiger partial charge in [-0.15, -0.1) is 10.2 Å². The van der Waals surface area contributed by atoms with Crippen LogP contribution in [0.5, 0.6) is 0 Å². The number of aliphatic hydroxyl groups is 2. The van der Waals surface area contributed by atoms with Crippen LogP contribution in [0.15, 0.2) is 103 Å². The molecule has 8 aromatic rings. The number of imidazole rings is 2. The first-order valence-corrected chi connectivity index (χ1v) is 25.9. The summed E-state index contributed by atoms with van der Waals surface area (Å²) in [6.07, 6.45) is 6.95. The standard InChI is InChI=1S/C51H46F6N14O4S/c52-28-1-5-39(55)36(13-28)42-14-29(53)23-68(42)48-9-7-46-61-22-50(71(46)64-48)65-76(74,75)51-10-4-32(19-62-51)67-26-38(44(73)27-67)35-16-41(57)37(17-40(35)56)43-15-30(54)24-69(43)47-8-6-45-60-20-33(70(45)63-47)3-2-31-18-59-49(21-58-31)66-12-11-34(72)25-66/h1-10,13,16-22,29-30,34,38,42-44,65,72-73H,11-12,14-15,23-27H2/b3-2+/t29-,30-,34+,38?,42+,43+,44?/m0/s1. The van der Waals surface area contributed by atoms with Crippen molar-refractivity contribution in [3.05, 3.63) is 149 Å². The molecule has 4 aliphatic rings. The van der Waals surface area contributed by atoms with E-state index >= 15 is 13.2 Å². The Morgan fingerprint density at radius 3 is 1.97 bits per heavy atom. The molecule has 0 aliphatic carbocycles. The topological polar surface area (TPSA) is 199 Å². The molecule has 25 heteroatoms. The van der Waals surface area contributed by atoms with Crippen LogP contribution < -0.4 is 24.3 Å². The molecule has 18 nitrogen and oxygen atoms in total. The Kier molecular flexibility index (Phi) is 12.5. The second kappa shape index (κ2) is 19.3. The van der Waals surface area contributed by atoms with Crippen LogP contribution in [-0.4, -0.2) is 127 Å². The molecule has 2 aromatic carbocycles. The summed E-state index contributed by atoms with van der Waals surface area (Å²) < 4.78 is 124. The highest BCUT2D eigenvalue weighted by molar-refractivity contribution is 7.92. The minimum atomic E-state index is -4.39. The van der Waals surface area contributed by atoms with Crippen molar-refractivity contribution in [3.63, 3.8) is 0 Å². The Morgan fingerprint density at radius 1 is 0.605 bits per heavy atom. The van der Waals surface area contributed by atoms with Gasteiger partial charge >= 0.3 is 0 Å². The molecule has 7 atom stereocenters. The smallest absolute Gasteiger partial charge is 0.280 e. The summed E-state index contributed by atoms with van der Waals surface area (Å²) in [5.74, 6) is -2.84. The van der Waals surface area contributed by atoms with Gasteiger partial charge in [-0.05, 0) is 90.9 Å². The number of rotatable bonds is 12. The quantitative estimate of drug-likeness (QED) is 0.111. The highest BCUT2D eigenvalue weighted by Crippen LogP contribution is 2.42. The van der Waals surface area contributed by atoms with E-state index in [4.69, 9.17) is 5.10 Å². The number of sulfonamides is 1. The minimum absolute atomic E-state index is 0.0147. The fourth-order valence-corrected chi connectivity index (χ4v) is 11.7. The van der Waals surface area contributed by atoms with Crippen LogP contribution in [0, 0.1) is 23.3 Å². The fraction of sp³-hybridized carbons (Fsp3) is 0.314. The highest BCUT2D eigenvalue weighted by atomic mass is 32.2. The normalized spacial score (nSPS) is 23.1. The third kappa shape index (κ3) is 9.24. The number of hydrogen-bond acceptors (Lipinski definition) is 15. The maximum Gasteiger partial charge on any atom is 0.280 e. The van der Waals surface area contributed by atoms with Crippen LogP contribution in [-0.2, 0) is 10.0 Å². The zero-order valence-electron chi connectivity index (χ0n) is 40.0. The SMILES string of the molecule is O=S(=O)(Nc1cnc2ccc(N3C[C@@H](F)C[C@@H]3c3cc(F)ccc3F)nn12)c1ccc(N2CC(O)C(c3cc(F)c([C@H]4C[C@H](F)CN4c4ccc5ncc(/C=C/c6cnc(N7CC[C@@H](O)C7)cn6)n5n4)cc3F)C2)cn1. The molecule has 0 spiro atoms. The van der Waals surface area contributed by atoms with Crippen LogP contribution in [0.25, 0.3) is 23.4 Å². The molecule has 0 bridgehead atoms. The lowest BCUT2D eigenvalue weighted by molar-refractivity contribution is 0.177. The summed E-state index contributed by atoms with van der Waals surface area (Å²) in [5, 5.41) is 29.9. The van der Waals surface area contributed by atoms with E-state index in [1.54, 1.807) is 57.2 Å². The first-order valence-electron chi connectivity index (χ1n) is 24.4. The van der Waals surface area contributed by atoms with Gasteiger partial charge in [0.2, 0.25) is 0 Å². The van der Waals surface area contributed by atoms with E-state index in [0.717, 1.165) is 30.3 Å². The molecule has 10 heterocycles. The predicted molar refractivity (Wildman–Crippen MR) is 268 cm³/mol. The molecule has 4 fully saturated rings. The van der Waals surface area contributed by atoms with Crippen molar-refractivity contribution in [2.45, 2.75) is 66.8 Å². The predicted octanol–water partition coefficient (Wildman–Crippen LogP) is 6.60. The number of anilines is 5. The van der Waals surface area contributed by atoms with Crippen LogP contribution in [0.2, 0.25) is 0 Å². The molecule has 6 aromatic heterocycles. The summed E-state index contributed by atoms with van der Waals surface area (Å²) in [4.78, 5) is 28.5. The summed E-state index contributed by atoms with van der Waals surface area (Å²) in [7, 11) is -4.39. The molecule has 4 aliphatic heterocycles. The first kappa shape index (κ1) is 49.0. The molecule has 2 unspecified atom stereocenters. The maximum atomic E-state index is 16.3. The number of alkyl halides is 2. The largest absolute Gasteiger partial charge is 0.391 e. The summed E-state index contributed by atoms with van der Waals surface area (Å²) in [6.45, 7) is 0.872. The lowest BCUT2D eigenvalue weighted by atomic mass is 9.92. The van der Waals surface area contributed by atoms with Gasteiger partial charge in [-0.3, -0.25) is 9.71 Å². The summed E-state index contributed by atoms with van der Waals surface area (Å²) >= 11 is 0. The van der Waals surface area contributed by atoms with E-state index in [2.05, 4.69) is 34.7 Å². The Bertz CT molecular complexity index is 3650. The number of aromatic nitrogens is 9. The maximum absolute atomic E-state index is 16.3.